The molecule has 2 unspecified atom stereocenters. The van der Waals surface area contributed by atoms with Crippen LogP contribution in [-0.2, 0) is 28.2 Å². The Morgan fingerprint density at radius 2 is 1.53 bits per heavy atom. The molecular formula is C7H9NO8P2S+2. The van der Waals surface area contributed by atoms with Gasteiger partial charge in [-0.3, -0.25) is 0 Å². The van der Waals surface area contributed by atoms with Gasteiger partial charge >= 0.3 is 22.9 Å². The third-order valence-corrected chi connectivity index (χ3v) is 3.82. The minimum absolute atomic E-state index is 0.173. The van der Waals surface area contributed by atoms with Gasteiger partial charge in [0.25, 0.3) is 0 Å². The Morgan fingerprint density at radius 3 is 1.95 bits per heavy atom. The zero-order valence-corrected chi connectivity index (χ0v) is 11.7. The second-order valence-corrected chi connectivity index (χ2v) is 6.04. The molecule has 0 fully saturated rings. The van der Waals surface area contributed by atoms with Gasteiger partial charge in [-0.25, -0.2) is 8.42 Å². The summed E-state index contributed by atoms with van der Waals surface area (Å²) >= 11 is 0. The van der Waals surface area contributed by atoms with Gasteiger partial charge in [-0.05, 0) is 12.1 Å². The fourth-order valence-electron chi connectivity index (χ4n) is 1.02. The minimum Gasteiger partial charge on any atom is -0.207 e. The highest BCUT2D eigenvalue weighted by molar-refractivity contribution is 7.89. The Balaban J connectivity index is 2.89. The van der Waals surface area contributed by atoms with Gasteiger partial charge in [-0.2, -0.15) is 4.72 Å². The fraction of sp³-hybridized carbons (Fsp3) is 0.143. The molecule has 0 saturated heterocycles. The van der Waals surface area contributed by atoms with Crippen molar-refractivity contribution in [2.75, 3.05) is 0 Å². The summed E-state index contributed by atoms with van der Waals surface area (Å²) < 4.78 is 54.4. The molecule has 0 aliphatic rings. The predicted octanol–water partition coefficient (Wildman–Crippen LogP) is 0.581. The summed E-state index contributed by atoms with van der Waals surface area (Å²) in [4.78, 5) is 16.8. The molecule has 12 heteroatoms. The van der Waals surface area contributed by atoms with Crippen molar-refractivity contribution in [1.82, 2.24) is 4.72 Å². The van der Waals surface area contributed by atoms with Gasteiger partial charge in [0.15, 0.2) is 0 Å². The lowest BCUT2D eigenvalue weighted by Crippen LogP contribution is -2.36. The van der Waals surface area contributed by atoms with E-state index in [4.69, 9.17) is 9.79 Å². The first kappa shape index (κ1) is 16.2. The predicted molar refractivity (Wildman–Crippen MR) is 62.4 cm³/mol. The van der Waals surface area contributed by atoms with E-state index in [2.05, 4.69) is 9.05 Å². The van der Waals surface area contributed by atoms with E-state index in [1.165, 1.54) is 24.3 Å². The third-order valence-electron chi connectivity index (χ3n) is 1.68. The average Bonchev–Trinajstić information content (AvgIpc) is 2.27. The van der Waals surface area contributed by atoms with Crippen LogP contribution in [0.25, 0.3) is 0 Å². The maximum absolute atomic E-state index is 11.8. The van der Waals surface area contributed by atoms with Crippen LogP contribution in [0.4, 0.5) is 0 Å². The Labute approximate surface area is 110 Å². The van der Waals surface area contributed by atoms with Gasteiger partial charge in [0, 0.05) is 9.13 Å². The van der Waals surface area contributed by atoms with Crippen molar-refractivity contribution < 1.29 is 36.4 Å². The van der Waals surface area contributed by atoms with Gasteiger partial charge in [0.2, 0.25) is 10.0 Å². The molecule has 0 bridgehead atoms. The number of hydrogen-bond acceptors (Lipinski definition) is 6. The average molecular weight is 329 g/mol. The van der Waals surface area contributed by atoms with Crippen LogP contribution in [0.3, 0.4) is 0 Å². The van der Waals surface area contributed by atoms with Gasteiger partial charge < -0.3 is 0 Å². The molecule has 0 aliphatic carbocycles. The largest absolute Gasteiger partial charge is 0.699 e. The van der Waals surface area contributed by atoms with E-state index in [9.17, 15) is 17.5 Å². The lowest BCUT2D eigenvalue weighted by molar-refractivity contribution is -0.00569. The molecule has 1 rings (SSSR count). The molecule has 104 valence electrons. The normalized spacial score (nSPS) is 14.8. The maximum Gasteiger partial charge on any atom is 0.699 e. The second-order valence-electron chi connectivity index (χ2n) is 2.95. The van der Waals surface area contributed by atoms with E-state index < -0.39 is 32.9 Å². The Kier molecular flexibility index (Phi) is 6.05. The molecular weight excluding hydrogens is 320 g/mol. The smallest absolute Gasteiger partial charge is 0.207 e. The molecule has 0 aliphatic heterocycles. The highest BCUT2D eigenvalue weighted by Crippen LogP contribution is 2.25. The van der Waals surface area contributed by atoms with E-state index in [0.717, 1.165) is 0 Å². The van der Waals surface area contributed by atoms with Crippen molar-refractivity contribution >= 4 is 26.5 Å². The molecule has 1 aromatic carbocycles. The maximum atomic E-state index is 11.8. The van der Waals surface area contributed by atoms with Crippen LogP contribution < -0.4 is 4.72 Å². The Bertz CT molecular complexity index is 546. The summed E-state index contributed by atoms with van der Waals surface area (Å²) in [5.41, 5.74) is 0. The summed E-state index contributed by atoms with van der Waals surface area (Å²) in [5, 5.41) is 0. The quantitative estimate of drug-likeness (QED) is 0.487. The summed E-state index contributed by atoms with van der Waals surface area (Å²) in [7, 11) is -10.6. The number of rotatable bonds is 7. The molecule has 2 atom stereocenters. The lowest BCUT2D eigenvalue weighted by Gasteiger charge is -2.07. The van der Waals surface area contributed by atoms with Crippen molar-refractivity contribution in [3.8, 4) is 0 Å². The monoisotopic (exact) mass is 329 g/mol. The van der Waals surface area contributed by atoms with Gasteiger partial charge in [0.05, 0.1) is 4.90 Å². The summed E-state index contributed by atoms with van der Waals surface area (Å²) in [6, 6.07) is 6.97. The first-order chi connectivity index (χ1) is 8.81. The van der Waals surface area contributed by atoms with E-state index in [-0.39, 0.29) is 4.90 Å². The standard InChI is InChI=1S/C7H7NO8P2S/c9-17(10)15-7(16-18(11)12)8-19(13,14)6-4-2-1-3-5-6/h1-5,7-8H/p+2. The minimum atomic E-state index is -4.13. The van der Waals surface area contributed by atoms with Crippen LogP contribution in [0, 0.1) is 0 Å². The van der Waals surface area contributed by atoms with E-state index in [0.29, 0.717) is 0 Å². The van der Waals surface area contributed by atoms with Crippen molar-refractivity contribution in [2.45, 2.75) is 11.3 Å². The molecule has 0 aromatic heterocycles. The summed E-state index contributed by atoms with van der Waals surface area (Å²) in [6.07, 6.45) is -2.06. The zero-order chi connectivity index (χ0) is 14.5. The van der Waals surface area contributed by atoms with Crippen LogP contribution >= 0.6 is 16.5 Å². The number of sulfonamides is 1. The molecule has 0 amide bonds. The molecule has 19 heavy (non-hydrogen) atoms. The lowest BCUT2D eigenvalue weighted by atomic mass is 10.4. The molecule has 3 N–H and O–H groups in total. The van der Waals surface area contributed by atoms with Crippen LogP contribution in [0.5, 0.6) is 0 Å². The molecule has 0 spiro atoms. The number of nitrogens with one attached hydrogen (secondary N) is 1. The van der Waals surface area contributed by atoms with Crippen molar-refractivity contribution in [2.24, 2.45) is 0 Å². The van der Waals surface area contributed by atoms with Crippen molar-refractivity contribution in [1.29, 1.82) is 0 Å². The van der Waals surface area contributed by atoms with Gasteiger partial charge in [-0.15, -0.1) is 9.79 Å². The Morgan fingerprint density at radius 1 is 1.05 bits per heavy atom. The second kappa shape index (κ2) is 7.09. The zero-order valence-electron chi connectivity index (χ0n) is 9.11. The van der Waals surface area contributed by atoms with Gasteiger partial charge in [-0.1, -0.05) is 27.2 Å². The molecule has 0 saturated carbocycles. The molecule has 0 radical (unpaired) electrons. The highest BCUT2D eigenvalue weighted by Gasteiger charge is 2.36. The highest BCUT2D eigenvalue weighted by atomic mass is 32.2. The van der Waals surface area contributed by atoms with Crippen molar-refractivity contribution in [3.63, 3.8) is 0 Å². The van der Waals surface area contributed by atoms with Crippen LogP contribution in [0.2, 0.25) is 0 Å². The molecule has 1 aromatic rings. The first-order valence-corrected chi connectivity index (χ1v) is 8.29. The molecule has 9 nitrogen and oxygen atoms in total. The summed E-state index contributed by atoms with van der Waals surface area (Å²) in [6.45, 7) is 0. The third kappa shape index (κ3) is 5.77. The molecule has 0 heterocycles. The van der Waals surface area contributed by atoms with Crippen LogP contribution in [0.15, 0.2) is 35.2 Å². The van der Waals surface area contributed by atoms with Gasteiger partial charge in [0.1, 0.15) is 0 Å². The fourth-order valence-corrected chi connectivity index (χ4v) is 2.75. The van der Waals surface area contributed by atoms with Crippen LogP contribution in [-0.4, -0.2) is 24.6 Å². The number of benzene rings is 1. The SMILES string of the molecule is O=[P+](O)OC(NS(=O)(=O)c1ccccc1)O[P+](=O)O. The van der Waals surface area contributed by atoms with Crippen molar-refractivity contribution in [3.05, 3.63) is 30.3 Å². The topological polar surface area (TPSA) is 139 Å². The van der Waals surface area contributed by atoms with E-state index in [1.54, 1.807) is 10.8 Å². The Hall–Kier alpha value is -0.830. The first-order valence-electron chi connectivity index (χ1n) is 4.54. The van der Waals surface area contributed by atoms with E-state index in [1.807, 2.05) is 0 Å². The number of hydrogen-bond donors (Lipinski definition) is 3. The van der Waals surface area contributed by atoms with E-state index >= 15 is 0 Å². The van der Waals surface area contributed by atoms with Crippen LogP contribution in [0.1, 0.15) is 0 Å². The summed E-state index contributed by atoms with van der Waals surface area (Å²) in [5.74, 6) is 0.